The molecule has 0 aliphatic rings. The lowest BCUT2D eigenvalue weighted by Gasteiger charge is -2.11. The minimum atomic E-state index is -0.623. The molecular weight excluding hydrogens is 336 g/mol. The average molecular weight is 351 g/mol. The predicted molar refractivity (Wildman–Crippen MR) is 83.2 cm³/mol. The van der Waals surface area contributed by atoms with Crippen molar-refractivity contribution in [3.8, 4) is 11.3 Å². The van der Waals surface area contributed by atoms with Gasteiger partial charge >= 0.3 is 5.63 Å². The van der Waals surface area contributed by atoms with Gasteiger partial charge < -0.3 is 10.2 Å². The lowest BCUT2D eigenvalue weighted by atomic mass is 9.95. The summed E-state index contributed by atoms with van der Waals surface area (Å²) < 4.78 is 5.29. The van der Waals surface area contributed by atoms with Gasteiger partial charge in [0.05, 0.1) is 11.5 Å². The third-order valence-electron chi connectivity index (χ3n) is 3.14. The summed E-state index contributed by atoms with van der Waals surface area (Å²) in [6.07, 6.45) is 4.50. The van der Waals surface area contributed by atoms with Gasteiger partial charge in [-0.2, -0.15) is 0 Å². The second-order valence-electron chi connectivity index (χ2n) is 4.57. The number of rotatable bonds is 6. The summed E-state index contributed by atoms with van der Waals surface area (Å²) in [4.78, 5) is 27.6. The number of carbonyl (C=O) groups excluding carboxylic acids is 1. The molecule has 1 amide bonds. The molecule has 2 aromatic heterocycles. The molecule has 5 nitrogen and oxygen atoms in total. The number of hydrogen-bond acceptors (Lipinski definition) is 4. The van der Waals surface area contributed by atoms with E-state index in [4.69, 9.17) is 10.2 Å². The number of nitrogens with two attached hydrogens (primary N) is 1. The van der Waals surface area contributed by atoms with Crippen molar-refractivity contribution in [1.29, 1.82) is 0 Å². The van der Waals surface area contributed by atoms with E-state index in [1.54, 1.807) is 36.7 Å². The Bertz CT molecular complexity index is 670. The molecule has 0 aromatic carbocycles. The smallest absolute Gasteiger partial charge is 0.340 e. The van der Waals surface area contributed by atoms with E-state index in [2.05, 4.69) is 20.9 Å². The van der Waals surface area contributed by atoms with E-state index in [0.717, 1.165) is 11.8 Å². The molecule has 0 spiro atoms. The SMILES string of the molecule is NC(=O)C(CCCBr)c1ccc(-c2cccnc2)oc1=O. The highest BCUT2D eigenvalue weighted by atomic mass is 79.9. The molecule has 0 aliphatic heterocycles. The number of amides is 1. The van der Waals surface area contributed by atoms with Crippen LogP contribution in [0.25, 0.3) is 11.3 Å². The van der Waals surface area contributed by atoms with Gasteiger partial charge in [-0.25, -0.2) is 4.79 Å². The van der Waals surface area contributed by atoms with Crippen LogP contribution in [-0.2, 0) is 4.79 Å². The molecule has 21 heavy (non-hydrogen) atoms. The fraction of sp³-hybridized carbons (Fsp3) is 0.267. The van der Waals surface area contributed by atoms with Gasteiger partial charge in [0.25, 0.3) is 0 Å². The monoisotopic (exact) mass is 350 g/mol. The molecular formula is C15H15BrN2O3. The standard InChI is InChI=1S/C15H15BrN2O3/c16-7-1-4-11(14(17)19)12-5-6-13(21-15(12)20)10-3-2-8-18-9-10/h2-3,5-6,8-9,11H,1,4,7H2,(H2,17,19). The molecule has 2 aromatic rings. The molecule has 0 radical (unpaired) electrons. The van der Waals surface area contributed by atoms with Gasteiger partial charge in [-0.1, -0.05) is 15.9 Å². The van der Waals surface area contributed by atoms with Crippen molar-refractivity contribution >= 4 is 21.8 Å². The number of pyridine rings is 1. The van der Waals surface area contributed by atoms with Gasteiger partial charge in [-0.3, -0.25) is 9.78 Å². The summed E-state index contributed by atoms with van der Waals surface area (Å²) in [6, 6.07) is 6.82. The molecule has 0 fully saturated rings. The first-order valence-corrected chi connectivity index (χ1v) is 7.65. The quantitative estimate of drug-likeness (QED) is 0.810. The molecule has 2 rings (SSSR count). The first-order valence-electron chi connectivity index (χ1n) is 6.53. The zero-order valence-corrected chi connectivity index (χ0v) is 12.9. The van der Waals surface area contributed by atoms with Crippen LogP contribution in [0.3, 0.4) is 0 Å². The molecule has 2 N–H and O–H groups in total. The van der Waals surface area contributed by atoms with Crippen LogP contribution in [0.15, 0.2) is 45.9 Å². The summed E-state index contributed by atoms with van der Waals surface area (Å²) in [5.74, 6) is -0.723. The Morgan fingerprint density at radius 3 is 2.76 bits per heavy atom. The van der Waals surface area contributed by atoms with E-state index in [9.17, 15) is 9.59 Å². The minimum Gasteiger partial charge on any atom is -0.422 e. The maximum Gasteiger partial charge on any atom is 0.340 e. The number of hydrogen-bond donors (Lipinski definition) is 1. The highest BCUT2D eigenvalue weighted by Crippen LogP contribution is 2.22. The number of halogens is 1. The second kappa shape index (κ2) is 7.17. The summed E-state index contributed by atoms with van der Waals surface area (Å²) in [6.45, 7) is 0. The fourth-order valence-electron chi connectivity index (χ4n) is 2.08. The van der Waals surface area contributed by atoms with E-state index in [-0.39, 0.29) is 0 Å². The Hall–Kier alpha value is -1.95. The third kappa shape index (κ3) is 3.78. The van der Waals surface area contributed by atoms with Crippen LogP contribution in [0.4, 0.5) is 0 Å². The zero-order valence-electron chi connectivity index (χ0n) is 11.3. The van der Waals surface area contributed by atoms with Crippen LogP contribution in [0.1, 0.15) is 24.3 Å². The first-order chi connectivity index (χ1) is 10.1. The summed E-state index contributed by atoms with van der Waals surface area (Å²) in [5.41, 5.74) is 5.86. The van der Waals surface area contributed by atoms with Gasteiger partial charge in [0.15, 0.2) is 0 Å². The van der Waals surface area contributed by atoms with Gasteiger partial charge in [0.1, 0.15) is 5.76 Å². The summed E-state index contributed by atoms with van der Waals surface area (Å²) in [7, 11) is 0. The molecule has 0 saturated carbocycles. The minimum absolute atomic E-state index is 0.302. The van der Waals surface area contributed by atoms with Gasteiger partial charge in [0.2, 0.25) is 5.91 Å². The van der Waals surface area contributed by atoms with Crippen molar-refractivity contribution in [2.24, 2.45) is 5.73 Å². The Morgan fingerprint density at radius 2 is 2.19 bits per heavy atom. The van der Waals surface area contributed by atoms with Crippen molar-refractivity contribution in [2.75, 3.05) is 5.33 Å². The van der Waals surface area contributed by atoms with Crippen LogP contribution < -0.4 is 11.4 Å². The molecule has 6 heteroatoms. The number of aromatic nitrogens is 1. The number of primary amides is 1. The Labute approximate surface area is 130 Å². The van der Waals surface area contributed by atoms with Crippen LogP contribution >= 0.6 is 15.9 Å². The van der Waals surface area contributed by atoms with Crippen LogP contribution in [-0.4, -0.2) is 16.2 Å². The van der Waals surface area contributed by atoms with Gasteiger partial charge in [-0.05, 0) is 37.1 Å². The first kappa shape index (κ1) is 15.4. The maximum absolute atomic E-state index is 12.1. The van der Waals surface area contributed by atoms with E-state index < -0.39 is 17.5 Å². The topological polar surface area (TPSA) is 86.2 Å². The van der Waals surface area contributed by atoms with Crippen molar-refractivity contribution in [3.63, 3.8) is 0 Å². The lowest BCUT2D eigenvalue weighted by molar-refractivity contribution is -0.119. The largest absolute Gasteiger partial charge is 0.422 e. The van der Waals surface area contributed by atoms with Crippen molar-refractivity contribution in [3.05, 3.63) is 52.6 Å². The van der Waals surface area contributed by atoms with Crippen LogP contribution in [0, 0.1) is 0 Å². The average Bonchev–Trinajstić information content (AvgIpc) is 2.49. The second-order valence-corrected chi connectivity index (χ2v) is 5.36. The number of nitrogens with zero attached hydrogens (tertiary/aromatic N) is 1. The molecule has 0 saturated heterocycles. The third-order valence-corrected chi connectivity index (χ3v) is 3.70. The predicted octanol–water partition coefficient (Wildman–Crippen LogP) is 2.45. The Balaban J connectivity index is 2.34. The zero-order chi connectivity index (χ0) is 15.2. The van der Waals surface area contributed by atoms with Crippen LogP contribution in [0.2, 0.25) is 0 Å². The van der Waals surface area contributed by atoms with E-state index >= 15 is 0 Å². The van der Waals surface area contributed by atoms with Gasteiger partial charge in [-0.15, -0.1) is 0 Å². The Kier molecular flexibility index (Phi) is 5.27. The van der Waals surface area contributed by atoms with E-state index in [0.29, 0.717) is 23.3 Å². The fourth-order valence-corrected chi connectivity index (χ4v) is 2.40. The highest BCUT2D eigenvalue weighted by molar-refractivity contribution is 9.09. The van der Waals surface area contributed by atoms with E-state index in [1.165, 1.54) is 0 Å². The number of alkyl halides is 1. The highest BCUT2D eigenvalue weighted by Gasteiger charge is 2.21. The molecule has 2 heterocycles. The molecule has 1 unspecified atom stereocenters. The van der Waals surface area contributed by atoms with E-state index in [1.807, 2.05) is 0 Å². The normalized spacial score (nSPS) is 12.0. The Morgan fingerprint density at radius 1 is 1.38 bits per heavy atom. The van der Waals surface area contributed by atoms with Crippen molar-refractivity contribution in [2.45, 2.75) is 18.8 Å². The molecule has 0 bridgehead atoms. The summed E-state index contributed by atoms with van der Waals surface area (Å²) in [5, 5.41) is 0.746. The number of carbonyl (C=O) groups is 1. The summed E-state index contributed by atoms with van der Waals surface area (Å²) >= 11 is 3.30. The molecule has 0 aliphatic carbocycles. The van der Waals surface area contributed by atoms with Gasteiger partial charge in [0, 0.05) is 23.3 Å². The lowest BCUT2D eigenvalue weighted by Crippen LogP contribution is -2.26. The molecule has 1 atom stereocenters. The maximum atomic E-state index is 12.1. The molecule has 110 valence electrons. The van der Waals surface area contributed by atoms with Crippen molar-refractivity contribution in [1.82, 2.24) is 4.98 Å². The van der Waals surface area contributed by atoms with Crippen molar-refractivity contribution < 1.29 is 9.21 Å². The van der Waals surface area contributed by atoms with Crippen LogP contribution in [0.5, 0.6) is 0 Å².